The Morgan fingerprint density at radius 3 is 2.00 bits per heavy atom. The maximum atomic E-state index is 15.4. The Bertz CT molecular complexity index is 2730. The van der Waals surface area contributed by atoms with Crippen molar-refractivity contribution in [2.45, 2.75) is 147 Å². The zero-order chi connectivity index (χ0) is 55.5. The van der Waals surface area contributed by atoms with Crippen LogP contribution in [0.25, 0.3) is 0 Å². The van der Waals surface area contributed by atoms with Crippen LogP contribution in [0.3, 0.4) is 0 Å². The zero-order valence-corrected chi connectivity index (χ0v) is 48.9. The third-order valence-corrected chi connectivity index (χ3v) is 21.5. The van der Waals surface area contributed by atoms with Crippen LogP contribution in [-0.2, 0) is 33.8 Å². The first-order valence-corrected chi connectivity index (χ1v) is 31.6. The van der Waals surface area contributed by atoms with Crippen molar-refractivity contribution in [1.29, 1.82) is 0 Å². The van der Waals surface area contributed by atoms with Crippen LogP contribution in [0.15, 0.2) is 67.0 Å². The fourth-order valence-electron chi connectivity index (χ4n) is 13.8. The summed E-state index contributed by atoms with van der Waals surface area (Å²) in [5.41, 5.74) is 2.52. The van der Waals surface area contributed by atoms with E-state index in [9.17, 15) is 27.6 Å². The average Bonchev–Trinajstić information content (AvgIpc) is 3.53. The van der Waals surface area contributed by atoms with Crippen LogP contribution in [0, 0.1) is 35.0 Å². The molecular formula is C61H83Cl2N7O7S. The van der Waals surface area contributed by atoms with Gasteiger partial charge in [-0.2, -0.15) is 0 Å². The topological polar surface area (TPSA) is 161 Å². The average molecular weight is 1130 g/mol. The van der Waals surface area contributed by atoms with Gasteiger partial charge >= 0.3 is 0 Å². The number of piperidine rings is 6. The lowest BCUT2D eigenvalue weighted by atomic mass is 9.66. The molecule has 0 spiro atoms. The number of rotatable bonds is 16. The van der Waals surface area contributed by atoms with Crippen molar-refractivity contribution in [3.05, 3.63) is 93.7 Å². The molecule has 14 nitrogen and oxygen atoms in total. The van der Waals surface area contributed by atoms with Gasteiger partial charge in [-0.05, 0) is 168 Å². The second-order valence-electron chi connectivity index (χ2n) is 24.8. The van der Waals surface area contributed by atoms with Gasteiger partial charge in [0.25, 0.3) is 0 Å². The lowest BCUT2D eigenvalue weighted by Gasteiger charge is -2.53. The predicted octanol–water partition coefficient (Wildman–Crippen LogP) is 9.71. The number of anilines is 1. The Balaban J connectivity index is 0.742. The lowest BCUT2D eigenvalue weighted by molar-refractivity contribution is -0.160. The van der Waals surface area contributed by atoms with Gasteiger partial charge in [0.05, 0.1) is 40.3 Å². The molecule has 1 unspecified atom stereocenters. The van der Waals surface area contributed by atoms with E-state index < -0.39 is 32.6 Å². The summed E-state index contributed by atoms with van der Waals surface area (Å²) < 4.78 is 27.5. The first-order chi connectivity index (χ1) is 37.2. The maximum Gasteiger partial charge on any atom is 0.234 e. The van der Waals surface area contributed by atoms with Crippen LogP contribution >= 0.6 is 23.2 Å². The number of carbonyl (C=O) groups is 5. The third kappa shape index (κ3) is 13.6. The Hall–Kier alpha value is -4.57. The van der Waals surface area contributed by atoms with E-state index in [1.54, 1.807) is 37.1 Å². The van der Waals surface area contributed by atoms with Gasteiger partial charge in [-0.25, -0.2) is 8.42 Å². The Morgan fingerprint density at radius 1 is 0.731 bits per heavy atom. The maximum absolute atomic E-state index is 15.4. The normalized spacial score (nSPS) is 25.5. The predicted molar refractivity (Wildman–Crippen MR) is 307 cm³/mol. The molecule has 6 aliphatic heterocycles. The fraction of sp³-hybridized carbons (Fsp3) is 0.639. The summed E-state index contributed by atoms with van der Waals surface area (Å²) >= 11 is 13.0. The summed E-state index contributed by atoms with van der Waals surface area (Å²) in [6.07, 6.45) is 14.1. The number of nitrogens with one attached hydrogen (secondary N) is 1. The number of nitrogens with zero attached hydrogens (tertiary/aromatic N) is 6. The van der Waals surface area contributed by atoms with E-state index in [-0.39, 0.29) is 65.4 Å². The molecule has 9 rings (SSSR count). The molecular weight excluding hydrogens is 1050 g/mol. The van der Waals surface area contributed by atoms with Gasteiger partial charge in [0.1, 0.15) is 0 Å². The van der Waals surface area contributed by atoms with Gasteiger partial charge in [0, 0.05) is 92.8 Å². The highest BCUT2D eigenvalue weighted by Crippen LogP contribution is 2.53. The van der Waals surface area contributed by atoms with Crippen molar-refractivity contribution >= 4 is 68.3 Å². The van der Waals surface area contributed by atoms with Crippen molar-refractivity contribution in [2.24, 2.45) is 35.0 Å². The number of amides is 5. The summed E-state index contributed by atoms with van der Waals surface area (Å²) in [6.45, 7) is 17.0. The zero-order valence-electron chi connectivity index (χ0n) is 46.6. The summed E-state index contributed by atoms with van der Waals surface area (Å²) in [4.78, 5) is 83.5. The van der Waals surface area contributed by atoms with Crippen molar-refractivity contribution in [2.75, 3.05) is 69.6 Å². The second-order valence-corrected chi connectivity index (χ2v) is 28.3. The monoisotopic (exact) mass is 1130 g/mol. The number of hydrogen-bond acceptors (Lipinski definition) is 10. The lowest BCUT2D eigenvalue weighted by Crippen LogP contribution is -2.59. The largest absolute Gasteiger partial charge is 0.370 e. The van der Waals surface area contributed by atoms with E-state index in [1.807, 2.05) is 68.3 Å². The molecule has 5 amide bonds. The molecule has 424 valence electrons. The summed E-state index contributed by atoms with van der Waals surface area (Å²) in [5, 5.41) is 2.94. The first-order valence-electron chi connectivity index (χ1n) is 29.1. The molecule has 6 saturated heterocycles. The first kappa shape index (κ1) is 58.1. The molecule has 7 heterocycles. The molecule has 6 aliphatic rings. The summed E-state index contributed by atoms with van der Waals surface area (Å²) in [5.74, 6) is 0.231. The Labute approximate surface area is 473 Å². The van der Waals surface area contributed by atoms with Crippen molar-refractivity contribution in [3.8, 4) is 0 Å². The van der Waals surface area contributed by atoms with E-state index in [0.29, 0.717) is 67.1 Å². The summed E-state index contributed by atoms with van der Waals surface area (Å²) in [7, 11) is -3.60. The molecule has 1 aromatic heterocycles. The third-order valence-electron chi connectivity index (χ3n) is 18.8. The van der Waals surface area contributed by atoms with Gasteiger partial charge < -0.3 is 24.5 Å². The van der Waals surface area contributed by atoms with Gasteiger partial charge in [-0.3, -0.25) is 34.3 Å². The summed E-state index contributed by atoms with van der Waals surface area (Å²) in [6, 6.07) is 15.9. The highest BCUT2D eigenvalue weighted by atomic mass is 35.5. The number of pyridine rings is 1. The molecule has 0 bridgehead atoms. The number of halogens is 2. The van der Waals surface area contributed by atoms with Crippen molar-refractivity contribution in [1.82, 2.24) is 29.9 Å². The Morgan fingerprint density at radius 2 is 1.37 bits per heavy atom. The highest BCUT2D eigenvalue weighted by Gasteiger charge is 2.54. The quantitative estimate of drug-likeness (QED) is 0.137. The molecule has 0 saturated carbocycles. The smallest absolute Gasteiger partial charge is 0.234 e. The molecule has 2 aromatic carbocycles. The van der Waals surface area contributed by atoms with Crippen LogP contribution in [-0.4, -0.2) is 138 Å². The molecule has 0 aliphatic carbocycles. The number of benzene rings is 2. The number of hydrogen-bond donors (Lipinski definition) is 1. The SMILES string of the molecule is CC(C)[C@@H](CS(=O)(=O)C(C)C)N1C(=O)[C@@](C)(CC(=O)N2CCC(C(=O)N3CCC(CC4CCN(CC5CCN(c6cncc(C7CCC(=O)NC7=O)c6)CC5)CC4)CC3)CC2)C[C@H](c2cccc(Cl)c2)[C@H]1c1ccc(Cl)cc1. The number of aromatic nitrogens is 1. The van der Waals surface area contributed by atoms with Gasteiger partial charge in [0.2, 0.25) is 29.5 Å². The van der Waals surface area contributed by atoms with Crippen LogP contribution in [0.1, 0.15) is 153 Å². The van der Waals surface area contributed by atoms with E-state index >= 15 is 4.79 Å². The van der Waals surface area contributed by atoms with Crippen LogP contribution in [0.5, 0.6) is 0 Å². The van der Waals surface area contributed by atoms with E-state index in [1.165, 1.54) is 19.3 Å². The van der Waals surface area contributed by atoms with Crippen molar-refractivity contribution < 1.29 is 32.4 Å². The second kappa shape index (κ2) is 25.1. The van der Waals surface area contributed by atoms with Crippen molar-refractivity contribution in [3.63, 3.8) is 0 Å². The minimum absolute atomic E-state index is 0.0364. The van der Waals surface area contributed by atoms with Crippen LogP contribution in [0.4, 0.5) is 5.69 Å². The number of carbonyl (C=O) groups excluding carboxylic acids is 5. The van der Waals surface area contributed by atoms with Gasteiger partial charge in [0.15, 0.2) is 9.84 Å². The van der Waals surface area contributed by atoms with E-state index in [2.05, 4.69) is 31.1 Å². The van der Waals surface area contributed by atoms with Crippen LogP contribution < -0.4 is 10.2 Å². The molecule has 6 fully saturated rings. The van der Waals surface area contributed by atoms with E-state index in [0.717, 1.165) is 99.8 Å². The Kier molecular flexibility index (Phi) is 18.7. The molecule has 3 aromatic rings. The molecule has 0 radical (unpaired) electrons. The number of imide groups is 1. The minimum Gasteiger partial charge on any atom is -0.370 e. The minimum atomic E-state index is -3.60. The van der Waals surface area contributed by atoms with Crippen LogP contribution in [0.2, 0.25) is 10.0 Å². The molecule has 1 N–H and O–H groups in total. The number of sulfone groups is 1. The molecule has 78 heavy (non-hydrogen) atoms. The molecule has 5 atom stereocenters. The fourth-order valence-corrected chi connectivity index (χ4v) is 15.6. The number of likely N-dealkylation sites (tertiary alicyclic amines) is 4. The van der Waals surface area contributed by atoms with E-state index in [4.69, 9.17) is 23.2 Å². The standard InChI is InChI=1S/C61H83Cl2N7O7S/c1-40(2)54(39-78(76,77)41(3)4)70-57(45-9-11-49(62)12-10-45)53(47-7-6-8-50(63)32-47)34-61(5,60(70)75)35-56(72)68-29-21-46(22-30-68)59(74)69-27-17-43(18-28-69)31-42-15-23-66(24-16-42)38-44-19-25-67(26-20-44)51-33-48(36-64-37-51)52-13-14-55(71)65-58(52)73/h6-12,32-33,36-37,40-44,46,52-54,57H,13-31,34-35,38-39H2,1-5H3,(H,65,71,73)/t52?,53-,54-,57-,61-/m1/s1. The molecule has 17 heteroatoms. The van der Waals surface area contributed by atoms with Gasteiger partial charge in [-0.1, -0.05) is 68.2 Å². The highest BCUT2D eigenvalue weighted by molar-refractivity contribution is 7.92. The van der Waals surface area contributed by atoms with Gasteiger partial charge in [-0.15, -0.1) is 0 Å².